The number of aryl methyl sites for hydroxylation is 1. The topological polar surface area (TPSA) is 67.4 Å². The summed E-state index contributed by atoms with van der Waals surface area (Å²) in [5.74, 6) is -0.367. The fraction of sp³-hybridized carbons (Fsp3) is 0.300. The lowest BCUT2D eigenvalue weighted by atomic mass is 10.0. The van der Waals surface area contributed by atoms with Crippen molar-refractivity contribution in [3.05, 3.63) is 71.3 Å². The van der Waals surface area contributed by atoms with Crippen LogP contribution in [0.25, 0.3) is 0 Å². The molecular weight excluding hydrogens is 316 g/mol. The molecule has 1 atom stereocenters. The third kappa shape index (κ3) is 5.95. The number of benzene rings is 2. The predicted molar refractivity (Wildman–Crippen MR) is 97.2 cm³/mol. The van der Waals surface area contributed by atoms with Crippen molar-refractivity contribution in [3.8, 4) is 0 Å². The van der Waals surface area contributed by atoms with Gasteiger partial charge in [0.25, 0.3) is 0 Å². The van der Waals surface area contributed by atoms with E-state index < -0.39 is 6.04 Å². The molecule has 25 heavy (non-hydrogen) atoms. The Morgan fingerprint density at radius 2 is 1.72 bits per heavy atom. The first-order valence-electron chi connectivity index (χ1n) is 8.30. The van der Waals surface area contributed by atoms with Crippen molar-refractivity contribution >= 4 is 12.0 Å². The fourth-order valence-electron chi connectivity index (χ4n) is 2.60. The number of urea groups is 1. The van der Waals surface area contributed by atoms with E-state index in [1.807, 2.05) is 42.5 Å². The van der Waals surface area contributed by atoms with Gasteiger partial charge in [-0.25, -0.2) is 4.79 Å². The van der Waals surface area contributed by atoms with E-state index in [4.69, 9.17) is 4.74 Å². The molecule has 2 aromatic rings. The van der Waals surface area contributed by atoms with Crippen molar-refractivity contribution in [2.45, 2.75) is 25.8 Å². The van der Waals surface area contributed by atoms with Gasteiger partial charge in [0, 0.05) is 6.54 Å². The number of hydrogen-bond donors (Lipinski definition) is 2. The smallest absolute Gasteiger partial charge is 0.315 e. The first-order valence-corrected chi connectivity index (χ1v) is 8.30. The number of ether oxygens (including phenoxy) is 1. The third-order valence-electron chi connectivity index (χ3n) is 4.05. The molecule has 0 saturated heterocycles. The van der Waals surface area contributed by atoms with Gasteiger partial charge in [-0.15, -0.1) is 0 Å². The Morgan fingerprint density at radius 1 is 1.04 bits per heavy atom. The molecule has 0 spiro atoms. The Hall–Kier alpha value is -2.82. The van der Waals surface area contributed by atoms with Crippen LogP contribution in [0.2, 0.25) is 0 Å². The lowest BCUT2D eigenvalue weighted by molar-refractivity contribution is -0.141. The van der Waals surface area contributed by atoms with Gasteiger partial charge < -0.3 is 15.4 Å². The number of esters is 1. The van der Waals surface area contributed by atoms with Crippen LogP contribution in [0.1, 0.15) is 29.2 Å². The second-order valence-corrected chi connectivity index (χ2v) is 5.82. The average Bonchev–Trinajstić information content (AvgIpc) is 2.63. The van der Waals surface area contributed by atoms with Gasteiger partial charge in [0.1, 0.15) is 0 Å². The Labute approximate surface area is 148 Å². The molecule has 0 bridgehead atoms. The average molecular weight is 340 g/mol. The van der Waals surface area contributed by atoms with E-state index in [0.29, 0.717) is 6.54 Å². The minimum atomic E-state index is -0.424. The molecule has 0 fully saturated rings. The van der Waals surface area contributed by atoms with Gasteiger partial charge in [-0.3, -0.25) is 4.79 Å². The zero-order chi connectivity index (χ0) is 18.1. The van der Waals surface area contributed by atoms with E-state index in [0.717, 1.165) is 12.0 Å². The Bertz CT molecular complexity index is 701. The Balaban J connectivity index is 1.90. The predicted octanol–water partition coefficient (Wildman–Crippen LogP) is 3.14. The number of hydrogen-bond acceptors (Lipinski definition) is 3. The highest BCUT2D eigenvalue weighted by molar-refractivity contribution is 5.76. The second-order valence-electron chi connectivity index (χ2n) is 5.82. The first-order chi connectivity index (χ1) is 12.1. The molecule has 5 nitrogen and oxygen atoms in total. The van der Waals surface area contributed by atoms with Crippen LogP contribution in [0.15, 0.2) is 54.6 Å². The van der Waals surface area contributed by atoms with Crippen molar-refractivity contribution < 1.29 is 14.3 Å². The summed E-state index contributed by atoms with van der Waals surface area (Å²) in [5, 5.41) is 5.70. The summed E-state index contributed by atoms with van der Waals surface area (Å²) >= 11 is 0. The molecule has 5 heteroatoms. The molecule has 0 aliphatic rings. The zero-order valence-electron chi connectivity index (χ0n) is 14.6. The monoisotopic (exact) mass is 340 g/mol. The van der Waals surface area contributed by atoms with Crippen molar-refractivity contribution in [1.82, 2.24) is 10.6 Å². The van der Waals surface area contributed by atoms with Gasteiger partial charge in [0.2, 0.25) is 0 Å². The third-order valence-corrected chi connectivity index (χ3v) is 4.05. The summed E-state index contributed by atoms with van der Waals surface area (Å²) < 4.78 is 4.73. The molecule has 2 amide bonds. The van der Waals surface area contributed by atoms with Crippen molar-refractivity contribution in [2.24, 2.45) is 0 Å². The van der Waals surface area contributed by atoms with Crippen LogP contribution >= 0.6 is 0 Å². The normalized spacial score (nSPS) is 11.4. The summed E-state index contributed by atoms with van der Waals surface area (Å²) in [7, 11) is 1.34. The van der Waals surface area contributed by atoms with Gasteiger partial charge in [0.15, 0.2) is 0 Å². The zero-order valence-corrected chi connectivity index (χ0v) is 14.6. The van der Waals surface area contributed by atoms with E-state index in [1.54, 1.807) is 0 Å². The molecule has 132 valence electrons. The summed E-state index contributed by atoms with van der Waals surface area (Å²) in [5.41, 5.74) is 3.27. The maximum absolute atomic E-state index is 12.2. The van der Waals surface area contributed by atoms with Gasteiger partial charge in [-0.05, 0) is 30.0 Å². The second kappa shape index (κ2) is 9.47. The molecule has 0 radical (unpaired) electrons. The largest absolute Gasteiger partial charge is 0.469 e. The Kier molecular flexibility index (Phi) is 7.01. The highest BCUT2D eigenvalue weighted by Gasteiger charge is 2.18. The minimum absolute atomic E-state index is 0.0890. The standard InChI is InChI=1S/C20H24N2O3/c1-15-8-6-7-9-16(15)12-13-21-20(24)22-18(14-19(23)25-2)17-10-4-3-5-11-17/h3-11,18H,12-14H2,1-2H3,(H2,21,22,24). The van der Waals surface area contributed by atoms with Crippen molar-refractivity contribution in [1.29, 1.82) is 0 Å². The van der Waals surface area contributed by atoms with E-state index >= 15 is 0 Å². The minimum Gasteiger partial charge on any atom is -0.469 e. The molecule has 0 heterocycles. The van der Waals surface area contributed by atoms with Crippen LogP contribution in [0.4, 0.5) is 4.79 Å². The SMILES string of the molecule is COC(=O)CC(NC(=O)NCCc1ccccc1C)c1ccccc1. The highest BCUT2D eigenvalue weighted by atomic mass is 16.5. The van der Waals surface area contributed by atoms with E-state index in [-0.39, 0.29) is 18.4 Å². The van der Waals surface area contributed by atoms with Crippen LogP contribution in [-0.4, -0.2) is 25.7 Å². The molecule has 0 aliphatic carbocycles. The molecular formula is C20H24N2O3. The van der Waals surface area contributed by atoms with Crippen LogP contribution < -0.4 is 10.6 Å². The number of amides is 2. The number of methoxy groups -OCH3 is 1. The quantitative estimate of drug-likeness (QED) is 0.761. The molecule has 1 unspecified atom stereocenters. The van der Waals surface area contributed by atoms with Gasteiger partial charge >= 0.3 is 12.0 Å². The molecule has 0 aliphatic heterocycles. The lowest BCUT2D eigenvalue weighted by Gasteiger charge is -2.18. The number of nitrogens with one attached hydrogen (secondary N) is 2. The maximum Gasteiger partial charge on any atom is 0.315 e. The van der Waals surface area contributed by atoms with E-state index in [2.05, 4.69) is 29.7 Å². The number of carbonyl (C=O) groups excluding carboxylic acids is 2. The first kappa shape index (κ1) is 18.5. The summed E-state index contributed by atoms with van der Waals surface area (Å²) in [6.07, 6.45) is 0.846. The van der Waals surface area contributed by atoms with Gasteiger partial charge in [0.05, 0.1) is 19.6 Å². The van der Waals surface area contributed by atoms with Gasteiger partial charge in [-0.1, -0.05) is 54.6 Å². The molecule has 0 saturated carbocycles. The van der Waals surface area contributed by atoms with Crippen LogP contribution in [0.3, 0.4) is 0 Å². The van der Waals surface area contributed by atoms with Crippen molar-refractivity contribution in [2.75, 3.05) is 13.7 Å². The number of carbonyl (C=O) groups is 2. The van der Waals surface area contributed by atoms with Crippen LogP contribution in [-0.2, 0) is 16.0 Å². The van der Waals surface area contributed by atoms with E-state index in [9.17, 15) is 9.59 Å². The van der Waals surface area contributed by atoms with E-state index in [1.165, 1.54) is 18.2 Å². The molecule has 2 aromatic carbocycles. The fourth-order valence-corrected chi connectivity index (χ4v) is 2.60. The van der Waals surface area contributed by atoms with Crippen LogP contribution in [0.5, 0.6) is 0 Å². The lowest BCUT2D eigenvalue weighted by Crippen LogP contribution is -2.39. The Morgan fingerprint density at radius 3 is 2.40 bits per heavy atom. The van der Waals surface area contributed by atoms with Crippen molar-refractivity contribution in [3.63, 3.8) is 0 Å². The summed E-state index contributed by atoms with van der Waals surface area (Å²) in [6.45, 7) is 2.58. The molecule has 2 rings (SSSR count). The number of rotatable bonds is 7. The highest BCUT2D eigenvalue weighted by Crippen LogP contribution is 2.17. The maximum atomic E-state index is 12.2. The van der Waals surface area contributed by atoms with Gasteiger partial charge in [-0.2, -0.15) is 0 Å². The molecule has 2 N–H and O–H groups in total. The molecule has 0 aromatic heterocycles. The van der Waals surface area contributed by atoms with Crippen LogP contribution in [0, 0.1) is 6.92 Å². The summed E-state index contributed by atoms with van der Waals surface area (Å²) in [4.78, 5) is 23.8. The summed E-state index contributed by atoms with van der Waals surface area (Å²) in [6, 6.07) is 16.8.